The van der Waals surface area contributed by atoms with Crippen LogP contribution < -0.4 is 24.8 Å². The van der Waals surface area contributed by atoms with Gasteiger partial charge in [0.1, 0.15) is 0 Å². The molecule has 0 saturated heterocycles. The van der Waals surface area contributed by atoms with Gasteiger partial charge in [-0.15, -0.1) is 0 Å². The maximum Gasteiger partial charge on any atom is -1.00 e. The Labute approximate surface area is 404 Å². The number of rotatable bonds is 4. The molecule has 0 aromatic heterocycles. The second kappa shape index (κ2) is 15.6. The van der Waals surface area contributed by atoms with Crippen molar-refractivity contribution >= 4 is 3.21 Å². The molecule has 6 aliphatic carbocycles. The smallest absolute Gasteiger partial charge is 1.00 e. The van der Waals surface area contributed by atoms with Crippen molar-refractivity contribution in [1.82, 2.24) is 0 Å². The summed E-state index contributed by atoms with van der Waals surface area (Å²) in [5, 5.41) is 0. The Bertz CT molecular complexity index is 2380. The van der Waals surface area contributed by atoms with Gasteiger partial charge in [0.25, 0.3) is 0 Å². The molecule has 2 aromatic rings. The molecule has 0 N–H and O–H groups in total. The Balaban J connectivity index is 0.00000330. The Kier molecular flexibility index (Phi) is 12.4. The van der Waals surface area contributed by atoms with E-state index in [0.717, 1.165) is 0 Å². The van der Waals surface area contributed by atoms with Crippen molar-refractivity contribution in [3.05, 3.63) is 164 Å². The minimum Gasteiger partial charge on any atom is -1.00 e. The van der Waals surface area contributed by atoms with Gasteiger partial charge in [-0.1, -0.05) is 0 Å². The van der Waals surface area contributed by atoms with E-state index in [1.54, 1.807) is 12.1 Å². The summed E-state index contributed by atoms with van der Waals surface area (Å²) in [5.74, 6) is 0.750. The first-order valence-corrected chi connectivity index (χ1v) is 27.5. The van der Waals surface area contributed by atoms with Gasteiger partial charge in [-0.2, -0.15) is 0 Å². The van der Waals surface area contributed by atoms with E-state index in [1.807, 2.05) is 0 Å². The van der Waals surface area contributed by atoms with Crippen LogP contribution in [0.15, 0.2) is 142 Å². The fourth-order valence-corrected chi connectivity index (χ4v) is 26.7. The summed E-state index contributed by atoms with van der Waals surface area (Å²) in [6, 6.07) is 20.0. The topological polar surface area (TPSA) is 0 Å². The summed E-state index contributed by atoms with van der Waals surface area (Å²) in [4.78, 5) is 0. The molecular weight excluding hydrogens is 883 g/mol. The van der Waals surface area contributed by atoms with E-state index in [9.17, 15) is 0 Å². The van der Waals surface area contributed by atoms with Crippen LogP contribution in [0, 0.1) is 55.2 Å². The monoisotopic (exact) mass is 958 g/mol. The first kappa shape index (κ1) is 50.1. The van der Waals surface area contributed by atoms with E-state index >= 15 is 0 Å². The predicted molar refractivity (Wildman–Crippen MR) is 262 cm³/mol. The molecule has 2 saturated carbocycles. The summed E-state index contributed by atoms with van der Waals surface area (Å²) < 4.78 is 3.90. The largest absolute Gasteiger partial charge is 1.00 e. The van der Waals surface area contributed by atoms with Crippen molar-refractivity contribution < 1.29 is 46.1 Å². The quantitative estimate of drug-likeness (QED) is 0.287. The standard InChI is InChI=1S/C29H37.C21H26.C10H15.2ClH.Zr/c1-21-14-13-15-22-20-27(6)25(4)18-10-9-16-23(25,2)24(3)17-11-12-19-26(24,5)29(27,8)28(21,22)7;1-20(2,3)18-11-7-16(8-12-18)15-17-9-13-19(14-10-17)21(4,5)6;1-8-5-6-9(7-8)10(2,3)4;;;/h9-20,22H,1-8H3;7-14H,1-6H3;6-8H,1-4H3;2*1H;/q;;;;;+2/p-2. The van der Waals surface area contributed by atoms with Crippen molar-refractivity contribution in [1.29, 1.82) is 0 Å². The van der Waals surface area contributed by atoms with E-state index in [1.165, 1.54) is 27.8 Å². The summed E-state index contributed by atoms with van der Waals surface area (Å²) in [6.07, 6.45) is 33.5. The summed E-state index contributed by atoms with van der Waals surface area (Å²) in [6.45, 7) is 45.5. The third-order valence-corrected chi connectivity index (χ3v) is 29.1. The van der Waals surface area contributed by atoms with Crippen LogP contribution in [0.5, 0.6) is 0 Å². The van der Waals surface area contributed by atoms with E-state index in [0.29, 0.717) is 15.5 Å². The zero-order chi connectivity index (χ0) is 44.8. The van der Waals surface area contributed by atoms with Crippen LogP contribution in [0.2, 0.25) is 3.63 Å². The molecule has 63 heavy (non-hydrogen) atoms. The molecule has 0 aliphatic heterocycles. The van der Waals surface area contributed by atoms with Crippen molar-refractivity contribution in [3.8, 4) is 0 Å². The number of fused-ring (bicyclic) bond motifs is 8. The molecule has 2 fully saturated rings. The molecule has 0 heterocycles. The molecule has 0 spiro atoms. The van der Waals surface area contributed by atoms with Crippen LogP contribution in [-0.2, 0) is 32.1 Å². The SMILES string of the molecule is CC1=CC=CC2[CH]([Zr+2]([C]3=CC(C(C)(C)C)=CC3C)=[C](c3ccc(C(C)(C)C)cc3)c3ccc(C(C)(C)C)cc3)C3(C)C4(C)C=CC=CC4(C)C4(C)C=CC=CC4(C)C3(C)C12C.[Cl-].[Cl-]. The van der Waals surface area contributed by atoms with Crippen molar-refractivity contribution in [2.45, 2.75) is 139 Å². The summed E-state index contributed by atoms with van der Waals surface area (Å²) >= 11 is -3.25. The van der Waals surface area contributed by atoms with E-state index < -0.39 is 21.3 Å². The molecular formula is C60H78Cl2Zr. The molecule has 0 nitrogen and oxygen atoms in total. The normalized spacial score (nSPS) is 37.2. The van der Waals surface area contributed by atoms with Gasteiger partial charge in [0.2, 0.25) is 0 Å². The van der Waals surface area contributed by atoms with Crippen LogP contribution in [0.4, 0.5) is 0 Å². The summed E-state index contributed by atoms with van der Waals surface area (Å²) in [5.41, 5.74) is 7.99. The Morgan fingerprint density at radius 2 is 0.984 bits per heavy atom. The predicted octanol–water partition coefficient (Wildman–Crippen LogP) is 10.2. The average Bonchev–Trinajstić information content (AvgIpc) is 3.65. The Hall–Kier alpha value is -2.31. The van der Waals surface area contributed by atoms with Crippen LogP contribution in [0.1, 0.15) is 147 Å². The number of hydrogen-bond donors (Lipinski definition) is 0. The average molecular weight is 961 g/mol. The zero-order valence-corrected chi connectivity index (χ0v) is 46.1. The van der Waals surface area contributed by atoms with Gasteiger partial charge < -0.3 is 24.8 Å². The minimum atomic E-state index is -3.25. The second-order valence-corrected chi connectivity index (χ2v) is 30.9. The number of allylic oxidation sites excluding steroid dienone is 16. The van der Waals surface area contributed by atoms with Gasteiger partial charge in [-0.05, 0) is 0 Å². The first-order chi connectivity index (χ1) is 28.1. The van der Waals surface area contributed by atoms with Gasteiger partial charge >= 0.3 is 383 Å². The van der Waals surface area contributed by atoms with E-state index in [-0.39, 0.29) is 79.0 Å². The fraction of sp³-hybridized carbons (Fsp3) is 0.517. The second-order valence-electron chi connectivity index (χ2n) is 24.7. The van der Waals surface area contributed by atoms with Crippen LogP contribution in [0.3, 0.4) is 0 Å². The molecule has 10 unspecified atom stereocenters. The van der Waals surface area contributed by atoms with Gasteiger partial charge in [0.05, 0.1) is 0 Å². The number of halogens is 2. The maximum atomic E-state index is 2.85. The summed E-state index contributed by atoms with van der Waals surface area (Å²) in [7, 11) is 0. The molecule has 2 aromatic carbocycles. The van der Waals surface area contributed by atoms with E-state index in [4.69, 9.17) is 0 Å². The number of hydrogen-bond acceptors (Lipinski definition) is 0. The Morgan fingerprint density at radius 1 is 0.556 bits per heavy atom. The molecule has 0 bridgehead atoms. The van der Waals surface area contributed by atoms with Gasteiger partial charge in [-0.25, -0.2) is 0 Å². The molecule has 336 valence electrons. The minimum absolute atomic E-state index is 0. The number of benzene rings is 2. The third-order valence-electron chi connectivity index (χ3n) is 19.6. The van der Waals surface area contributed by atoms with E-state index in [2.05, 4.69) is 252 Å². The first-order valence-electron chi connectivity index (χ1n) is 23.6. The molecule has 8 rings (SSSR count). The molecule has 0 amide bonds. The fourth-order valence-electron chi connectivity index (χ4n) is 15.0. The Morgan fingerprint density at radius 3 is 1.41 bits per heavy atom. The zero-order valence-electron chi connectivity index (χ0n) is 42.1. The van der Waals surface area contributed by atoms with Crippen LogP contribution in [0.25, 0.3) is 0 Å². The van der Waals surface area contributed by atoms with Crippen LogP contribution >= 0.6 is 0 Å². The molecule has 3 heteroatoms. The molecule has 10 atom stereocenters. The van der Waals surface area contributed by atoms with Gasteiger partial charge in [-0.3, -0.25) is 0 Å². The maximum absolute atomic E-state index is 3.25. The van der Waals surface area contributed by atoms with Crippen LogP contribution in [-0.4, -0.2) is 3.21 Å². The van der Waals surface area contributed by atoms with Crippen molar-refractivity contribution in [2.24, 2.45) is 55.2 Å². The van der Waals surface area contributed by atoms with Gasteiger partial charge in [0, 0.05) is 0 Å². The van der Waals surface area contributed by atoms with Crippen molar-refractivity contribution in [3.63, 3.8) is 0 Å². The van der Waals surface area contributed by atoms with Gasteiger partial charge in [0.15, 0.2) is 0 Å². The molecule has 6 aliphatic rings. The molecule has 0 radical (unpaired) electrons. The third kappa shape index (κ3) is 6.36. The van der Waals surface area contributed by atoms with Crippen molar-refractivity contribution in [2.75, 3.05) is 0 Å².